The van der Waals surface area contributed by atoms with Crippen LogP contribution in [0.2, 0.25) is 0 Å². The molecule has 0 aliphatic carbocycles. The maximum atomic E-state index is 12.0. The summed E-state index contributed by atoms with van der Waals surface area (Å²) in [4.78, 5) is 16.1. The van der Waals surface area contributed by atoms with Crippen LogP contribution in [0.25, 0.3) is 0 Å². The second kappa shape index (κ2) is 4.14. The topological polar surface area (TPSA) is 78.7 Å². The Hall–Kier alpha value is -1.80. The number of carbonyl (C=O) groups excluding carboxylic acids is 1. The predicted octanol–water partition coefficient (Wildman–Crippen LogP) is 0.228. The van der Waals surface area contributed by atoms with E-state index < -0.39 is 5.92 Å². The van der Waals surface area contributed by atoms with E-state index in [4.69, 9.17) is 28.9 Å². The maximum Gasteiger partial charge on any atom is 0.239 e. The highest BCUT2D eigenvalue weighted by molar-refractivity contribution is 7.80. The van der Waals surface area contributed by atoms with Gasteiger partial charge in [0.1, 0.15) is 23.6 Å². The molecule has 0 bridgehead atoms. The first kappa shape index (κ1) is 11.3. The van der Waals surface area contributed by atoms with Crippen LogP contribution in [0, 0.1) is 5.92 Å². The van der Waals surface area contributed by atoms with E-state index in [0.717, 1.165) is 0 Å². The first-order valence-corrected chi connectivity index (χ1v) is 6.01. The lowest BCUT2D eigenvalue weighted by atomic mass is 9.93. The van der Waals surface area contributed by atoms with Gasteiger partial charge in [0.25, 0.3) is 0 Å². The summed E-state index contributed by atoms with van der Waals surface area (Å²) in [6.07, 6.45) is 1.55. The van der Waals surface area contributed by atoms with Gasteiger partial charge in [0.15, 0.2) is 10.2 Å². The summed E-state index contributed by atoms with van der Waals surface area (Å²) in [5, 5.41) is 8.91. The summed E-state index contributed by atoms with van der Waals surface area (Å²) in [5.41, 5.74) is 0. The Morgan fingerprint density at radius 2 is 2.17 bits per heavy atom. The fraction of sp³-hybridized carbons (Fsp3) is 0.200. The van der Waals surface area contributed by atoms with Gasteiger partial charge in [-0.25, -0.2) is 4.99 Å². The SMILES string of the molecule is O=C1NC(=S)NC2=NC(=S)NC(c3ccco3)C12. The third-order valence-corrected chi connectivity index (χ3v) is 3.15. The molecule has 1 saturated heterocycles. The van der Waals surface area contributed by atoms with Crippen molar-refractivity contribution in [2.24, 2.45) is 10.9 Å². The van der Waals surface area contributed by atoms with Crippen LogP contribution in [0.1, 0.15) is 11.8 Å². The summed E-state index contributed by atoms with van der Waals surface area (Å²) in [6, 6.07) is 3.16. The number of fused-ring (bicyclic) bond motifs is 1. The van der Waals surface area contributed by atoms with Gasteiger partial charge < -0.3 is 20.4 Å². The second-order valence-corrected chi connectivity index (χ2v) is 4.66. The Bertz CT molecular complexity index is 566. The number of nitrogens with one attached hydrogen (secondary N) is 3. The van der Waals surface area contributed by atoms with Crippen molar-refractivity contribution in [2.75, 3.05) is 0 Å². The van der Waals surface area contributed by atoms with Crippen molar-refractivity contribution >= 4 is 46.4 Å². The van der Waals surface area contributed by atoms with Crippen molar-refractivity contribution in [1.29, 1.82) is 0 Å². The van der Waals surface area contributed by atoms with Crippen LogP contribution in [-0.4, -0.2) is 22.0 Å². The van der Waals surface area contributed by atoms with E-state index in [1.807, 2.05) is 0 Å². The smallest absolute Gasteiger partial charge is 0.239 e. The Balaban J connectivity index is 2.03. The van der Waals surface area contributed by atoms with E-state index in [-0.39, 0.29) is 17.1 Å². The zero-order valence-electron chi connectivity index (χ0n) is 8.97. The van der Waals surface area contributed by atoms with Crippen molar-refractivity contribution in [3.63, 3.8) is 0 Å². The molecular formula is C10H8N4O2S2. The zero-order valence-corrected chi connectivity index (χ0v) is 10.6. The number of amidine groups is 1. The number of nitrogens with zero attached hydrogens (tertiary/aromatic N) is 1. The quantitative estimate of drug-likeness (QED) is 0.639. The van der Waals surface area contributed by atoms with E-state index in [0.29, 0.717) is 16.7 Å². The van der Waals surface area contributed by atoms with Crippen LogP contribution in [0.15, 0.2) is 27.8 Å². The molecule has 2 aliphatic heterocycles. The van der Waals surface area contributed by atoms with Gasteiger partial charge in [-0.15, -0.1) is 0 Å². The van der Waals surface area contributed by atoms with Crippen LogP contribution in [0.4, 0.5) is 0 Å². The summed E-state index contributed by atoms with van der Waals surface area (Å²) >= 11 is 9.96. The molecule has 3 heterocycles. The van der Waals surface area contributed by atoms with Gasteiger partial charge in [-0.2, -0.15) is 0 Å². The van der Waals surface area contributed by atoms with Crippen molar-refractivity contribution in [1.82, 2.24) is 16.0 Å². The van der Waals surface area contributed by atoms with E-state index >= 15 is 0 Å². The summed E-state index contributed by atoms with van der Waals surface area (Å²) in [6.45, 7) is 0. The molecule has 0 saturated carbocycles. The first-order chi connectivity index (χ1) is 8.65. The van der Waals surface area contributed by atoms with Crippen molar-refractivity contribution in [2.45, 2.75) is 6.04 Å². The standard InChI is InChI=1S/C10H8N4O2S2/c15-8-5-6(4-2-1-3-16-4)11-9(17)12-7(5)13-10(18)14-8/h1-3,5-6H,(H3,11,12,13,14,15,17,18). The van der Waals surface area contributed by atoms with Crippen LogP contribution < -0.4 is 16.0 Å². The average molecular weight is 280 g/mol. The molecule has 1 amide bonds. The lowest BCUT2D eigenvalue weighted by Gasteiger charge is -2.34. The minimum atomic E-state index is -0.533. The molecule has 6 nitrogen and oxygen atoms in total. The van der Waals surface area contributed by atoms with Gasteiger partial charge in [-0.1, -0.05) is 0 Å². The molecule has 8 heteroatoms. The Morgan fingerprint density at radius 1 is 1.33 bits per heavy atom. The number of amides is 1. The Morgan fingerprint density at radius 3 is 2.89 bits per heavy atom. The zero-order chi connectivity index (χ0) is 12.7. The molecule has 3 N–H and O–H groups in total. The minimum Gasteiger partial charge on any atom is -0.467 e. The molecule has 2 aliphatic rings. The number of hydrogen-bond donors (Lipinski definition) is 3. The Kier molecular flexibility index (Phi) is 2.60. The monoisotopic (exact) mass is 280 g/mol. The maximum absolute atomic E-state index is 12.0. The van der Waals surface area contributed by atoms with Crippen molar-refractivity contribution in [3.05, 3.63) is 24.2 Å². The van der Waals surface area contributed by atoms with Crippen LogP contribution in [-0.2, 0) is 4.79 Å². The highest BCUT2D eigenvalue weighted by Crippen LogP contribution is 2.27. The number of hydrogen-bond acceptors (Lipinski definition) is 4. The summed E-state index contributed by atoms with van der Waals surface area (Å²) in [5.74, 6) is 0.317. The molecule has 92 valence electrons. The van der Waals surface area contributed by atoms with E-state index in [1.165, 1.54) is 0 Å². The lowest BCUT2D eigenvalue weighted by Crippen LogP contribution is -2.61. The number of carbonyl (C=O) groups is 1. The fourth-order valence-corrected chi connectivity index (χ4v) is 2.44. The van der Waals surface area contributed by atoms with Crippen LogP contribution >= 0.6 is 24.4 Å². The Labute approximate surface area is 113 Å². The van der Waals surface area contributed by atoms with E-state index in [1.54, 1.807) is 18.4 Å². The summed E-state index contributed by atoms with van der Waals surface area (Å²) in [7, 11) is 0. The predicted molar refractivity (Wildman–Crippen MR) is 72.0 cm³/mol. The molecule has 1 aromatic heterocycles. The minimum absolute atomic E-state index is 0.228. The summed E-state index contributed by atoms with van der Waals surface area (Å²) < 4.78 is 5.33. The first-order valence-electron chi connectivity index (χ1n) is 5.19. The number of aliphatic imine (C=N–C) groups is 1. The van der Waals surface area contributed by atoms with Crippen LogP contribution in [0.3, 0.4) is 0 Å². The highest BCUT2D eigenvalue weighted by atomic mass is 32.1. The molecule has 1 aromatic rings. The molecule has 2 unspecified atom stereocenters. The van der Waals surface area contributed by atoms with Gasteiger partial charge >= 0.3 is 0 Å². The van der Waals surface area contributed by atoms with Crippen molar-refractivity contribution < 1.29 is 9.21 Å². The molecule has 3 rings (SSSR count). The van der Waals surface area contributed by atoms with Gasteiger partial charge in [-0.3, -0.25) is 4.79 Å². The fourth-order valence-electron chi connectivity index (χ4n) is 2.01. The highest BCUT2D eigenvalue weighted by Gasteiger charge is 2.42. The number of furan rings is 1. The third kappa shape index (κ3) is 1.79. The number of thiocarbonyl (C=S) groups is 2. The molecule has 18 heavy (non-hydrogen) atoms. The molecular weight excluding hydrogens is 272 g/mol. The van der Waals surface area contributed by atoms with Gasteiger partial charge in [0.05, 0.1) is 6.26 Å². The largest absolute Gasteiger partial charge is 0.467 e. The second-order valence-electron chi connectivity index (χ2n) is 3.86. The molecule has 2 atom stereocenters. The van der Waals surface area contributed by atoms with Gasteiger partial charge in [-0.05, 0) is 36.6 Å². The van der Waals surface area contributed by atoms with Gasteiger partial charge in [0.2, 0.25) is 5.91 Å². The molecule has 1 fully saturated rings. The van der Waals surface area contributed by atoms with E-state index in [9.17, 15) is 4.79 Å². The molecule has 0 spiro atoms. The van der Waals surface area contributed by atoms with Crippen molar-refractivity contribution in [3.8, 4) is 0 Å². The third-order valence-electron chi connectivity index (χ3n) is 2.74. The molecule has 0 aromatic carbocycles. The van der Waals surface area contributed by atoms with Crippen LogP contribution in [0.5, 0.6) is 0 Å². The number of rotatable bonds is 1. The van der Waals surface area contributed by atoms with E-state index in [2.05, 4.69) is 20.9 Å². The normalized spacial score (nSPS) is 26.7. The average Bonchev–Trinajstić information content (AvgIpc) is 2.79. The lowest BCUT2D eigenvalue weighted by molar-refractivity contribution is -0.122. The molecule has 0 radical (unpaired) electrons. The van der Waals surface area contributed by atoms with Gasteiger partial charge in [0, 0.05) is 0 Å².